The average Bonchev–Trinajstić information content (AvgIpc) is 2.04. The summed E-state index contributed by atoms with van der Waals surface area (Å²) in [6, 6.07) is 0. The van der Waals surface area contributed by atoms with Crippen molar-refractivity contribution in [3.8, 4) is 0 Å². The van der Waals surface area contributed by atoms with Crippen LogP contribution < -0.4 is 0 Å². The van der Waals surface area contributed by atoms with Crippen LogP contribution in [0.2, 0.25) is 0 Å². The molecule has 0 aromatic heterocycles. The minimum Gasteiger partial charge on any atom is -0.529 e. The number of rotatable bonds is 6. The van der Waals surface area contributed by atoms with Crippen LogP contribution in [-0.4, -0.2) is 16.5 Å². The van der Waals surface area contributed by atoms with Gasteiger partial charge in [0.2, 0.25) is 10.5 Å². The van der Waals surface area contributed by atoms with Crippen LogP contribution in [0.5, 0.6) is 0 Å². The van der Waals surface area contributed by atoms with E-state index >= 15 is 0 Å². The molecule has 0 unspecified atom stereocenters. The summed E-state index contributed by atoms with van der Waals surface area (Å²) < 4.78 is 4.66. The van der Waals surface area contributed by atoms with Crippen molar-refractivity contribution in [2.24, 2.45) is 0 Å². The van der Waals surface area contributed by atoms with Gasteiger partial charge in [0.25, 0.3) is 5.97 Å². The van der Waals surface area contributed by atoms with E-state index in [1.165, 1.54) is 25.7 Å². The van der Waals surface area contributed by atoms with E-state index in [4.69, 9.17) is 0 Å². The molecule has 0 heterocycles. The quantitative estimate of drug-likeness (QED) is 0.446. The summed E-state index contributed by atoms with van der Waals surface area (Å²) >= 11 is 0. The van der Waals surface area contributed by atoms with Gasteiger partial charge < -0.3 is 4.43 Å². The van der Waals surface area contributed by atoms with Crippen LogP contribution in [0.1, 0.15) is 45.4 Å². The molecule has 2 nitrogen and oxygen atoms in total. The number of carbonyl (C=O) groups is 1. The second-order valence-electron chi connectivity index (χ2n) is 2.74. The fourth-order valence-electron chi connectivity index (χ4n) is 0.975. The molecule has 0 radical (unpaired) electrons. The zero-order chi connectivity index (χ0) is 8.53. The number of hydrogen-bond donors (Lipinski definition) is 0. The molecular formula is C8H18O2Si. The lowest BCUT2D eigenvalue weighted by molar-refractivity contribution is -0.134. The van der Waals surface area contributed by atoms with Gasteiger partial charge in [0.15, 0.2) is 0 Å². The Labute approximate surface area is 71.9 Å². The Bertz CT molecular complexity index is 104. The highest BCUT2D eigenvalue weighted by Crippen LogP contribution is 2.04. The first-order chi connectivity index (χ1) is 5.31. The lowest BCUT2D eigenvalue weighted by Gasteiger charge is -1.99. The van der Waals surface area contributed by atoms with Crippen LogP contribution >= 0.6 is 0 Å². The van der Waals surface area contributed by atoms with E-state index in [1.807, 2.05) is 0 Å². The predicted molar refractivity (Wildman–Crippen MR) is 49.4 cm³/mol. The zero-order valence-corrected chi connectivity index (χ0v) is 9.56. The molecule has 0 N–H and O–H groups in total. The maximum absolute atomic E-state index is 10.7. The van der Waals surface area contributed by atoms with Crippen molar-refractivity contribution in [1.82, 2.24) is 0 Å². The Morgan fingerprint density at radius 3 is 2.45 bits per heavy atom. The van der Waals surface area contributed by atoms with Gasteiger partial charge in [-0.3, -0.25) is 4.79 Å². The van der Waals surface area contributed by atoms with Crippen LogP contribution in [0.3, 0.4) is 0 Å². The fraction of sp³-hybridized carbons (Fsp3) is 0.875. The van der Waals surface area contributed by atoms with Gasteiger partial charge in [0.1, 0.15) is 0 Å². The standard InChI is InChI=1S/C8H18O2Si/c1-2-3-4-5-6-7-8(9)10-11/h2-7H2,1,11H3. The normalized spacial score (nSPS) is 9.91. The van der Waals surface area contributed by atoms with Crippen molar-refractivity contribution >= 4 is 16.5 Å². The molecule has 0 atom stereocenters. The predicted octanol–water partition coefficient (Wildman–Crippen LogP) is 1.17. The molecule has 0 spiro atoms. The maximum atomic E-state index is 10.7. The van der Waals surface area contributed by atoms with Crippen LogP contribution in [0.4, 0.5) is 0 Å². The third-order valence-corrected chi connectivity index (χ3v) is 2.17. The second kappa shape index (κ2) is 7.79. The van der Waals surface area contributed by atoms with Gasteiger partial charge in [-0.1, -0.05) is 32.6 Å². The van der Waals surface area contributed by atoms with Crippen LogP contribution in [0.25, 0.3) is 0 Å². The Hall–Kier alpha value is -0.313. The number of carbonyl (C=O) groups excluding carboxylic acids is 1. The third-order valence-electron chi connectivity index (χ3n) is 1.71. The van der Waals surface area contributed by atoms with Gasteiger partial charge in [-0.2, -0.15) is 0 Å². The zero-order valence-electron chi connectivity index (χ0n) is 7.56. The molecule has 0 aromatic rings. The van der Waals surface area contributed by atoms with Crippen molar-refractivity contribution in [1.29, 1.82) is 0 Å². The van der Waals surface area contributed by atoms with E-state index in [1.54, 1.807) is 0 Å². The number of hydrogen-bond acceptors (Lipinski definition) is 2. The molecule has 0 amide bonds. The molecule has 0 aliphatic carbocycles. The lowest BCUT2D eigenvalue weighted by atomic mass is 10.1. The van der Waals surface area contributed by atoms with Gasteiger partial charge >= 0.3 is 0 Å². The molecule has 0 rings (SSSR count). The van der Waals surface area contributed by atoms with E-state index in [9.17, 15) is 4.79 Å². The van der Waals surface area contributed by atoms with Gasteiger partial charge in [0.05, 0.1) is 0 Å². The maximum Gasteiger partial charge on any atom is 0.291 e. The molecule has 0 saturated heterocycles. The van der Waals surface area contributed by atoms with Crippen molar-refractivity contribution in [2.45, 2.75) is 45.4 Å². The average molecular weight is 174 g/mol. The van der Waals surface area contributed by atoms with E-state index in [0.29, 0.717) is 16.9 Å². The minimum atomic E-state index is -0.0202. The van der Waals surface area contributed by atoms with Gasteiger partial charge in [-0.25, -0.2) is 0 Å². The van der Waals surface area contributed by atoms with Crippen LogP contribution in [0.15, 0.2) is 0 Å². The largest absolute Gasteiger partial charge is 0.529 e. The summed E-state index contributed by atoms with van der Waals surface area (Å²) in [6.07, 6.45) is 6.59. The summed E-state index contributed by atoms with van der Waals surface area (Å²) in [5.74, 6) is -0.0202. The van der Waals surface area contributed by atoms with Gasteiger partial charge in [-0.05, 0) is 6.42 Å². The summed E-state index contributed by atoms with van der Waals surface area (Å²) in [5.41, 5.74) is 0. The molecule has 3 heteroatoms. The van der Waals surface area contributed by atoms with Crippen LogP contribution in [0, 0.1) is 0 Å². The van der Waals surface area contributed by atoms with E-state index in [-0.39, 0.29) is 5.97 Å². The Balaban J connectivity index is 2.95. The molecule has 0 aliphatic rings. The SMILES string of the molecule is CCCCCCCC(=O)O[SiH3]. The van der Waals surface area contributed by atoms with Crippen LogP contribution in [-0.2, 0) is 9.22 Å². The Kier molecular flexibility index (Phi) is 7.57. The highest BCUT2D eigenvalue weighted by atomic mass is 28.2. The van der Waals surface area contributed by atoms with Crippen molar-refractivity contribution in [3.63, 3.8) is 0 Å². The summed E-state index contributed by atoms with van der Waals surface area (Å²) in [5, 5.41) is 0. The molecule has 0 aromatic carbocycles. The monoisotopic (exact) mass is 174 g/mol. The highest BCUT2D eigenvalue weighted by Gasteiger charge is 1.97. The van der Waals surface area contributed by atoms with Crippen molar-refractivity contribution < 1.29 is 9.22 Å². The Morgan fingerprint density at radius 1 is 1.27 bits per heavy atom. The highest BCUT2D eigenvalue weighted by molar-refractivity contribution is 6.05. The van der Waals surface area contributed by atoms with E-state index < -0.39 is 0 Å². The fourth-order valence-corrected chi connectivity index (χ4v) is 1.18. The van der Waals surface area contributed by atoms with Crippen molar-refractivity contribution in [2.75, 3.05) is 0 Å². The first-order valence-electron chi connectivity index (χ1n) is 4.38. The summed E-state index contributed by atoms with van der Waals surface area (Å²) in [7, 11) is 0.543. The molecule has 0 fully saturated rings. The minimum absolute atomic E-state index is 0.0202. The summed E-state index contributed by atoms with van der Waals surface area (Å²) in [6.45, 7) is 2.19. The molecule has 0 saturated carbocycles. The Morgan fingerprint density at radius 2 is 1.91 bits per heavy atom. The smallest absolute Gasteiger partial charge is 0.291 e. The number of unbranched alkanes of at least 4 members (excludes halogenated alkanes) is 4. The second-order valence-corrected chi connectivity index (χ2v) is 3.15. The topological polar surface area (TPSA) is 26.3 Å². The van der Waals surface area contributed by atoms with Gasteiger partial charge in [0, 0.05) is 6.42 Å². The first kappa shape index (κ1) is 10.7. The molecule has 0 bridgehead atoms. The van der Waals surface area contributed by atoms with E-state index in [0.717, 1.165) is 6.42 Å². The first-order valence-corrected chi connectivity index (χ1v) is 5.19. The molecule has 0 aliphatic heterocycles. The third kappa shape index (κ3) is 7.59. The molecule has 66 valence electrons. The molecule has 11 heavy (non-hydrogen) atoms. The van der Waals surface area contributed by atoms with E-state index in [2.05, 4.69) is 11.3 Å². The summed E-state index contributed by atoms with van der Waals surface area (Å²) in [4.78, 5) is 10.7. The lowest BCUT2D eigenvalue weighted by Crippen LogP contribution is -2.00. The van der Waals surface area contributed by atoms with Crippen molar-refractivity contribution in [3.05, 3.63) is 0 Å². The molecular weight excluding hydrogens is 156 g/mol. The van der Waals surface area contributed by atoms with Gasteiger partial charge in [-0.15, -0.1) is 0 Å².